The second-order valence-corrected chi connectivity index (χ2v) is 6.61. The van der Waals surface area contributed by atoms with Gasteiger partial charge in [0.15, 0.2) is 0 Å². The molecule has 0 radical (unpaired) electrons. The molecule has 0 spiro atoms. The van der Waals surface area contributed by atoms with Gasteiger partial charge in [0.05, 0.1) is 0 Å². The largest absolute Gasteiger partial charge is 0.357 e. The third-order valence-electron chi connectivity index (χ3n) is 3.17. The molecule has 0 bridgehead atoms. The average Bonchev–Trinajstić information content (AvgIpc) is 2.88. The van der Waals surface area contributed by atoms with Crippen molar-refractivity contribution in [1.82, 2.24) is 9.88 Å². The monoisotopic (exact) mass is 304 g/mol. The molecule has 4 heteroatoms. The van der Waals surface area contributed by atoms with E-state index in [1.165, 1.54) is 4.88 Å². The van der Waals surface area contributed by atoms with E-state index in [0.717, 1.165) is 16.1 Å². The van der Waals surface area contributed by atoms with Crippen LogP contribution in [-0.4, -0.2) is 27.0 Å². The molecule has 2 aromatic rings. The Balaban J connectivity index is 2.40. The Morgan fingerprint density at radius 1 is 1.20 bits per heavy atom. The smallest absolute Gasteiger partial charge is 0.111 e. The Kier molecular flexibility index (Phi) is 4.89. The summed E-state index contributed by atoms with van der Waals surface area (Å²) in [6.07, 6.45) is 3.69. The SMILES string of the molecule is CC(C)N(C(=S)c1ccsc1-c1cccnc1)C(C)C. The van der Waals surface area contributed by atoms with Gasteiger partial charge in [0.1, 0.15) is 4.99 Å². The molecular formula is C16H20N2S2. The molecule has 2 heterocycles. The summed E-state index contributed by atoms with van der Waals surface area (Å²) in [7, 11) is 0. The topological polar surface area (TPSA) is 16.1 Å². The minimum absolute atomic E-state index is 0.393. The highest BCUT2D eigenvalue weighted by Gasteiger charge is 2.21. The fourth-order valence-electron chi connectivity index (χ4n) is 2.40. The summed E-state index contributed by atoms with van der Waals surface area (Å²) in [6.45, 7) is 8.73. The lowest BCUT2D eigenvalue weighted by Gasteiger charge is -2.33. The van der Waals surface area contributed by atoms with Gasteiger partial charge >= 0.3 is 0 Å². The predicted octanol–water partition coefficient (Wildman–Crippen LogP) is 4.60. The van der Waals surface area contributed by atoms with Gasteiger partial charge in [-0.25, -0.2) is 0 Å². The van der Waals surface area contributed by atoms with E-state index in [9.17, 15) is 0 Å². The number of pyridine rings is 1. The molecule has 0 amide bonds. The minimum atomic E-state index is 0.393. The lowest BCUT2D eigenvalue weighted by molar-refractivity contribution is 0.298. The molecule has 20 heavy (non-hydrogen) atoms. The van der Waals surface area contributed by atoms with Crippen molar-refractivity contribution in [2.75, 3.05) is 0 Å². The normalized spacial score (nSPS) is 11.1. The van der Waals surface area contributed by atoms with E-state index in [1.54, 1.807) is 17.5 Å². The van der Waals surface area contributed by atoms with Crippen molar-refractivity contribution in [3.63, 3.8) is 0 Å². The van der Waals surface area contributed by atoms with Crippen molar-refractivity contribution in [1.29, 1.82) is 0 Å². The summed E-state index contributed by atoms with van der Waals surface area (Å²) >= 11 is 7.47. The van der Waals surface area contributed by atoms with Gasteiger partial charge in [-0.2, -0.15) is 0 Å². The summed E-state index contributed by atoms with van der Waals surface area (Å²) in [5.74, 6) is 0. The van der Waals surface area contributed by atoms with Crippen LogP contribution >= 0.6 is 23.6 Å². The van der Waals surface area contributed by atoms with Crippen LogP contribution in [0.15, 0.2) is 36.0 Å². The van der Waals surface area contributed by atoms with Crippen molar-refractivity contribution in [3.8, 4) is 10.4 Å². The molecule has 2 nitrogen and oxygen atoms in total. The van der Waals surface area contributed by atoms with Crippen molar-refractivity contribution in [2.45, 2.75) is 39.8 Å². The number of nitrogens with zero attached hydrogens (tertiary/aromatic N) is 2. The van der Waals surface area contributed by atoms with Crippen LogP contribution in [-0.2, 0) is 0 Å². The molecule has 2 aromatic heterocycles. The van der Waals surface area contributed by atoms with Gasteiger partial charge < -0.3 is 4.90 Å². The van der Waals surface area contributed by atoms with Crippen LogP contribution in [0.4, 0.5) is 0 Å². The Bertz CT molecular complexity index is 565. The van der Waals surface area contributed by atoms with Crippen molar-refractivity contribution >= 4 is 28.5 Å². The van der Waals surface area contributed by atoms with Crippen LogP contribution in [0.3, 0.4) is 0 Å². The van der Waals surface area contributed by atoms with Gasteiger partial charge in [0, 0.05) is 40.5 Å². The molecule has 106 valence electrons. The first kappa shape index (κ1) is 15.1. The number of thiophene rings is 1. The van der Waals surface area contributed by atoms with Crippen molar-refractivity contribution in [3.05, 3.63) is 41.5 Å². The first-order valence-corrected chi connectivity index (χ1v) is 8.11. The van der Waals surface area contributed by atoms with Crippen LogP contribution in [0.2, 0.25) is 0 Å². The predicted molar refractivity (Wildman–Crippen MR) is 91.4 cm³/mol. The van der Waals surface area contributed by atoms with E-state index < -0.39 is 0 Å². The maximum atomic E-state index is 5.75. The molecule has 0 atom stereocenters. The quantitative estimate of drug-likeness (QED) is 0.768. The van der Waals surface area contributed by atoms with Gasteiger partial charge in [0.25, 0.3) is 0 Å². The highest BCUT2D eigenvalue weighted by Crippen LogP contribution is 2.31. The zero-order valence-corrected chi connectivity index (χ0v) is 14.0. The summed E-state index contributed by atoms with van der Waals surface area (Å²) in [5, 5.41) is 2.10. The van der Waals surface area contributed by atoms with Crippen LogP contribution in [0.1, 0.15) is 33.3 Å². The summed E-state index contributed by atoms with van der Waals surface area (Å²) in [6, 6.07) is 6.95. The third kappa shape index (κ3) is 3.07. The number of rotatable bonds is 4. The molecule has 0 saturated heterocycles. The second kappa shape index (κ2) is 6.46. The van der Waals surface area contributed by atoms with E-state index in [2.05, 4.69) is 55.1 Å². The van der Waals surface area contributed by atoms with Crippen LogP contribution < -0.4 is 0 Å². The Labute approximate surface area is 130 Å². The maximum absolute atomic E-state index is 5.75. The highest BCUT2D eigenvalue weighted by atomic mass is 32.1. The van der Waals surface area contributed by atoms with Crippen LogP contribution in [0.5, 0.6) is 0 Å². The third-order valence-corrected chi connectivity index (χ3v) is 4.56. The van der Waals surface area contributed by atoms with Gasteiger partial charge in [-0.1, -0.05) is 18.3 Å². The number of aromatic nitrogens is 1. The fraction of sp³-hybridized carbons (Fsp3) is 0.375. The van der Waals surface area contributed by atoms with Crippen molar-refractivity contribution < 1.29 is 0 Å². The first-order chi connectivity index (χ1) is 9.52. The van der Waals surface area contributed by atoms with Gasteiger partial charge in [-0.05, 0) is 45.2 Å². The zero-order valence-electron chi connectivity index (χ0n) is 12.3. The van der Waals surface area contributed by atoms with Crippen LogP contribution in [0, 0.1) is 0 Å². The van der Waals surface area contributed by atoms with E-state index in [-0.39, 0.29) is 0 Å². The second-order valence-electron chi connectivity index (χ2n) is 5.31. The number of hydrogen-bond acceptors (Lipinski definition) is 3. The number of hydrogen-bond donors (Lipinski definition) is 0. The maximum Gasteiger partial charge on any atom is 0.111 e. The Hall–Kier alpha value is -1.26. The first-order valence-electron chi connectivity index (χ1n) is 6.83. The molecule has 0 saturated carbocycles. The summed E-state index contributed by atoms with van der Waals surface area (Å²) < 4.78 is 0. The molecule has 0 N–H and O–H groups in total. The fourth-order valence-corrected chi connectivity index (χ4v) is 3.95. The van der Waals surface area contributed by atoms with Gasteiger partial charge in [-0.3, -0.25) is 4.98 Å². The average molecular weight is 304 g/mol. The van der Waals surface area contributed by atoms with E-state index in [0.29, 0.717) is 12.1 Å². The molecule has 2 rings (SSSR count). The summed E-state index contributed by atoms with van der Waals surface area (Å²) in [4.78, 5) is 8.62. The lowest BCUT2D eigenvalue weighted by Crippen LogP contribution is -2.41. The molecular weight excluding hydrogens is 284 g/mol. The van der Waals surface area contributed by atoms with Gasteiger partial charge in [-0.15, -0.1) is 11.3 Å². The van der Waals surface area contributed by atoms with E-state index in [4.69, 9.17) is 12.2 Å². The molecule has 0 unspecified atom stereocenters. The standard InChI is InChI=1S/C16H20N2S2/c1-11(2)18(12(3)4)16(19)14-7-9-20-15(14)13-6-5-8-17-10-13/h5-12H,1-4H3. The van der Waals surface area contributed by atoms with E-state index >= 15 is 0 Å². The van der Waals surface area contributed by atoms with Crippen molar-refractivity contribution in [2.24, 2.45) is 0 Å². The molecule has 0 fully saturated rings. The van der Waals surface area contributed by atoms with Crippen LogP contribution in [0.25, 0.3) is 10.4 Å². The molecule has 0 aliphatic rings. The molecule has 0 aliphatic heterocycles. The molecule has 0 aromatic carbocycles. The lowest BCUT2D eigenvalue weighted by atomic mass is 10.1. The number of thiocarbonyl (C=S) groups is 1. The summed E-state index contributed by atoms with van der Waals surface area (Å²) in [5.41, 5.74) is 2.27. The zero-order chi connectivity index (χ0) is 14.7. The minimum Gasteiger partial charge on any atom is -0.357 e. The van der Waals surface area contributed by atoms with E-state index in [1.807, 2.05) is 12.3 Å². The Morgan fingerprint density at radius 3 is 2.45 bits per heavy atom. The van der Waals surface area contributed by atoms with Gasteiger partial charge in [0.2, 0.25) is 0 Å². The highest BCUT2D eigenvalue weighted by molar-refractivity contribution is 7.80. The molecule has 0 aliphatic carbocycles. The Morgan fingerprint density at radius 2 is 1.90 bits per heavy atom.